The summed E-state index contributed by atoms with van der Waals surface area (Å²) in [5.74, 6) is -1.46. The van der Waals surface area contributed by atoms with Crippen LogP contribution in [0.1, 0.15) is 41.7 Å². The maximum Gasteiger partial charge on any atom is 0.254 e. The monoisotopic (exact) mass is 561 g/mol. The quantitative estimate of drug-likeness (QED) is 0.266. The predicted octanol–water partition coefficient (Wildman–Crippen LogP) is 3.35. The van der Waals surface area contributed by atoms with Gasteiger partial charge in [0.2, 0.25) is 5.91 Å². The van der Waals surface area contributed by atoms with E-state index in [9.17, 15) is 19.6 Å². The number of amides is 2. The molecule has 1 aromatic carbocycles. The highest BCUT2D eigenvalue weighted by molar-refractivity contribution is 6.31. The van der Waals surface area contributed by atoms with Crippen LogP contribution in [0.5, 0.6) is 5.75 Å². The second kappa shape index (κ2) is 12.0. The SMILES string of the molecule is COc1cn(C(C(=O)Nc2nn3ccccc3c2C(N)=O)C(C)CCCN)c(=O)cc1-c1cc(Cl)ccc1C#N. The van der Waals surface area contributed by atoms with E-state index in [0.717, 1.165) is 0 Å². The van der Waals surface area contributed by atoms with Crippen molar-refractivity contribution in [2.45, 2.75) is 25.8 Å². The van der Waals surface area contributed by atoms with E-state index in [0.29, 0.717) is 46.6 Å². The Morgan fingerprint density at radius 1 is 1.23 bits per heavy atom. The van der Waals surface area contributed by atoms with Crippen molar-refractivity contribution in [3.63, 3.8) is 0 Å². The lowest BCUT2D eigenvalue weighted by molar-refractivity contribution is -0.120. The van der Waals surface area contributed by atoms with Gasteiger partial charge in [-0.05, 0) is 55.6 Å². The normalized spacial score (nSPS) is 12.5. The average molecular weight is 562 g/mol. The molecule has 4 aromatic rings. The van der Waals surface area contributed by atoms with Crippen LogP contribution in [0.15, 0.2) is 59.7 Å². The average Bonchev–Trinajstić information content (AvgIpc) is 3.30. The van der Waals surface area contributed by atoms with Crippen LogP contribution in [-0.4, -0.2) is 39.7 Å². The van der Waals surface area contributed by atoms with Crippen molar-refractivity contribution < 1.29 is 14.3 Å². The third kappa shape index (κ3) is 5.54. The number of carbonyl (C=O) groups is 2. The maximum atomic E-state index is 13.8. The second-order valence-corrected chi connectivity index (χ2v) is 9.70. The van der Waals surface area contributed by atoms with Crippen LogP contribution in [0.4, 0.5) is 5.82 Å². The zero-order valence-electron chi connectivity index (χ0n) is 21.9. The van der Waals surface area contributed by atoms with Gasteiger partial charge in [-0.3, -0.25) is 19.0 Å². The molecule has 2 unspecified atom stereocenters. The molecule has 0 fully saturated rings. The van der Waals surface area contributed by atoms with Crippen LogP contribution in [0.3, 0.4) is 0 Å². The molecule has 11 nitrogen and oxygen atoms in total. The zero-order valence-corrected chi connectivity index (χ0v) is 22.7. The van der Waals surface area contributed by atoms with E-state index in [-0.39, 0.29) is 23.0 Å². The van der Waals surface area contributed by atoms with Crippen molar-refractivity contribution in [1.29, 1.82) is 5.26 Å². The highest BCUT2D eigenvalue weighted by Gasteiger charge is 2.31. The Bertz CT molecular complexity index is 1690. The Hall–Kier alpha value is -4.66. The summed E-state index contributed by atoms with van der Waals surface area (Å²) in [6.07, 6.45) is 4.20. The molecule has 0 aliphatic rings. The Labute approximate surface area is 234 Å². The maximum absolute atomic E-state index is 13.8. The second-order valence-electron chi connectivity index (χ2n) is 9.26. The number of fused-ring (bicyclic) bond motifs is 1. The first-order valence-electron chi connectivity index (χ1n) is 12.5. The summed E-state index contributed by atoms with van der Waals surface area (Å²) in [5.41, 5.74) is 12.4. The van der Waals surface area contributed by atoms with Crippen LogP contribution in [0, 0.1) is 17.2 Å². The minimum atomic E-state index is -1.03. The number of nitrogens with zero attached hydrogens (tertiary/aromatic N) is 4. The molecule has 4 rings (SSSR count). The van der Waals surface area contributed by atoms with Gasteiger partial charge < -0.3 is 21.5 Å². The van der Waals surface area contributed by atoms with Crippen molar-refractivity contribution in [3.8, 4) is 22.9 Å². The largest absolute Gasteiger partial charge is 0.495 e. The first-order chi connectivity index (χ1) is 19.2. The van der Waals surface area contributed by atoms with Crippen molar-refractivity contribution >= 4 is 34.7 Å². The highest BCUT2D eigenvalue weighted by Crippen LogP contribution is 2.34. The van der Waals surface area contributed by atoms with Crippen LogP contribution in [-0.2, 0) is 4.79 Å². The number of benzene rings is 1. The number of hydrogen-bond donors (Lipinski definition) is 3. The van der Waals surface area contributed by atoms with Crippen molar-refractivity contribution in [1.82, 2.24) is 14.2 Å². The van der Waals surface area contributed by atoms with E-state index in [4.69, 9.17) is 27.8 Å². The molecule has 0 aliphatic carbocycles. The number of methoxy groups -OCH3 is 1. The molecule has 12 heteroatoms. The fourth-order valence-corrected chi connectivity index (χ4v) is 4.90. The van der Waals surface area contributed by atoms with Crippen molar-refractivity contribution in [3.05, 3.63) is 81.4 Å². The molecule has 206 valence electrons. The summed E-state index contributed by atoms with van der Waals surface area (Å²) in [7, 11) is 1.42. The van der Waals surface area contributed by atoms with Gasteiger partial charge in [-0.25, -0.2) is 4.52 Å². The fourth-order valence-electron chi connectivity index (χ4n) is 4.73. The lowest BCUT2D eigenvalue weighted by Crippen LogP contribution is -2.37. The summed E-state index contributed by atoms with van der Waals surface area (Å²) in [5, 5.41) is 17.0. The van der Waals surface area contributed by atoms with Gasteiger partial charge >= 0.3 is 0 Å². The molecule has 0 bridgehead atoms. The molecule has 3 aromatic heterocycles. The number of hydrogen-bond acceptors (Lipinski definition) is 7. The Balaban J connectivity index is 1.83. The number of pyridine rings is 2. The van der Waals surface area contributed by atoms with Crippen molar-refractivity contribution in [2.24, 2.45) is 17.4 Å². The fraction of sp³-hybridized carbons (Fsp3) is 0.250. The number of ether oxygens (including phenoxy) is 1. The van der Waals surface area contributed by atoms with Gasteiger partial charge in [0.25, 0.3) is 11.5 Å². The third-order valence-corrected chi connectivity index (χ3v) is 6.89. The number of primary amides is 1. The first kappa shape index (κ1) is 28.4. The number of nitriles is 1. The summed E-state index contributed by atoms with van der Waals surface area (Å²) in [6.45, 7) is 2.23. The zero-order chi connectivity index (χ0) is 29.0. The van der Waals surface area contributed by atoms with Gasteiger partial charge in [-0.15, -0.1) is 5.10 Å². The van der Waals surface area contributed by atoms with Gasteiger partial charge in [-0.2, -0.15) is 5.26 Å². The van der Waals surface area contributed by atoms with Gasteiger partial charge in [0.1, 0.15) is 17.4 Å². The number of rotatable bonds is 10. The van der Waals surface area contributed by atoms with E-state index in [2.05, 4.69) is 16.5 Å². The van der Waals surface area contributed by atoms with Gasteiger partial charge in [0.05, 0.1) is 30.5 Å². The molecular formula is C28H28ClN7O4. The number of halogens is 1. The number of aromatic nitrogens is 3. The Morgan fingerprint density at radius 3 is 2.67 bits per heavy atom. The Kier molecular flexibility index (Phi) is 8.52. The van der Waals surface area contributed by atoms with Crippen LogP contribution in [0.25, 0.3) is 16.6 Å². The predicted molar refractivity (Wildman–Crippen MR) is 151 cm³/mol. The van der Waals surface area contributed by atoms with E-state index in [1.54, 1.807) is 42.6 Å². The molecule has 5 N–H and O–H groups in total. The molecule has 2 atom stereocenters. The topological polar surface area (TPSA) is 171 Å². The minimum absolute atomic E-state index is 0.0195. The highest BCUT2D eigenvalue weighted by atomic mass is 35.5. The Morgan fingerprint density at radius 2 is 2.00 bits per heavy atom. The summed E-state index contributed by atoms with van der Waals surface area (Å²) in [4.78, 5) is 39.6. The van der Waals surface area contributed by atoms with E-state index in [1.165, 1.54) is 28.5 Å². The number of anilines is 1. The molecular weight excluding hydrogens is 534 g/mol. The van der Waals surface area contributed by atoms with Crippen molar-refractivity contribution in [2.75, 3.05) is 19.0 Å². The molecule has 2 amide bonds. The van der Waals surface area contributed by atoms with Crippen LogP contribution >= 0.6 is 11.6 Å². The number of carbonyl (C=O) groups excluding carboxylic acids is 2. The lowest BCUT2D eigenvalue weighted by atomic mass is 9.94. The van der Waals surface area contributed by atoms with Gasteiger partial charge in [0, 0.05) is 28.4 Å². The van der Waals surface area contributed by atoms with Crippen LogP contribution in [0.2, 0.25) is 5.02 Å². The molecule has 3 heterocycles. The molecule has 0 spiro atoms. The van der Waals surface area contributed by atoms with Gasteiger partial charge in [-0.1, -0.05) is 24.6 Å². The van der Waals surface area contributed by atoms with Crippen LogP contribution < -0.4 is 27.1 Å². The summed E-state index contributed by atoms with van der Waals surface area (Å²) < 4.78 is 8.30. The number of nitrogens with two attached hydrogens (primary N) is 2. The standard InChI is InChI=1S/C28H28ClN7O4/c1-16(6-5-10-30)25(28(39)33-27-24(26(32)38)21-7-3-4-11-36(21)34-27)35-15-22(40-2)20(13-23(35)37)19-12-18(29)9-8-17(19)14-31/h3-4,7-9,11-13,15-16,25H,5-6,10,30H2,1-2H3,(H2,32,38)(H,33,34,39). The van der Waals surface area contributed by atoms with E-state index in [1.807, 2.05) is 6.92 Å². The molecule has 0 saturated carbocycles. The molecule has 40 heavy (non-hydrogen) atoms. The smallest absolute Gasteiger partial charge is 0.254 e. The molecule has 0 aliphatic heterocycles. The molecule has 0 radical (unpaired) electrons. The third-order valence-electron chi connectivity index (χ3n) is 6.66. The minimum Gasteiger partial charge on any atom is -0.495 e. The lowest BCUT2D eigenvalue weighted by Gasteiger charge is -2.26. The first-order valence-corrected chi connectivity index (χ1v) is 12.9. The number of nitrogens with one attached hydrogen (secondary N) is 1. The van der Waals surface area contributed by atoms with E-state index >= 15 is 0 Å². The van der Waals surface area contributed by atoms with Gasteiger partial charge in [0.15, 0.2) is 5.82 Å². The molecule has 0 saturated heterocycles. The van der Waals surface area contributed by atoms with E-state index < -0.39 is 23.4 Å². The summed E-state index contributed by atoms with van der Waals surface area (Å²) >= 11 is 6.18. The summed E-state index contributed by atoms with van der Waals surface area (Å²) in [6, 6.07) is 12.2.